The number of hydrogen-bond acceptors (Lipinski definition) is 9. The van der Waals surface area contributed by atoms with Gasteiger partial charge in [0.05, 0.1) is 17.0 Å². The van der Waals surface area contributed by atoms with Crippen molar-refractivity contribution in [1.29, 1.82) is 0 Å². The highest BCUT2D eigenvalue weighted by Crippen LogP contribution is 2.52. The van der Waals surface area contributed by atoms with Crippen molar-refractivity contribution >= 4 is 44.7 Å². The molecule has 1 amide bonds. The number of benzene rings is 1. The normalized spacial score (nSPS) is 27.1. The van der Waals surface area contributed by atoms with E-state index in [1.54, 1.807) is 12.1 Å². The Kier molecular flexibility index (Phi) is 7.73. The van der Waals surface area contributed by atoms with Crippen molar-refractivity contribution in [3.8, 4) is 0 Å². The Morgan fingerprint density at radius 2 is 1.97 bits per heavy atom. The molecule has 2 saturated carbocycles. The van der Waals surface area contributed by atoms with Crippen molar-refractivity contribution < 1.29 is 22.8 Å². The zero-order valence-corrected chi connectivity index (χ0v) is 22.9. The molecule has 1 aromatic heterocycles. The van der Waals surface area contributed by atoms with Gasteiger partial charge in [0.2, 0.25) is 21.2 Å². The standard InChI is InChI=1S/C24H30ClFN8O4S/c1-33-2-4-34(5-3-33)16-8-15(32-36)9-17(10-16)39(37,38)29-11-14-6-13-7-18(14)21(20(13)22(27)35)30-23-19(26)12-28-24(25)31-23/h8-10,12-14,18,20-21,29H,2-7,11H2,1H3,(H2,27,35)(H,28,30,31)/p+1/t13-,14+,18-,20+,21-/m1/s1. The first kappa shape index (κ1) is 27.6. The number of sulfonamides is 1. The van der Waals surface area contributed by atoms with Crippen LogP contribution in [0.15, 0.2) is 29.3 Å². The van der Waals surface area contributed by atoms with E-state index in [-0.39, 0.29) is 46.0 Å². The topological polar surface area (TPSA) is 165 Å². The van der Waals surface area contributed by atoms with Gasteiger partial charge in [0.1, 0.15) is 0 Å². The first-order valence-electron chi connectivity index (χ1n) is 12.8. The second kappa shape index (κ2) is 10.9. The lowest BCUT2D eigenvalue weighted by Crippen LogP contribution is -2.56. The number of fused-ring (bicyclic) bond motifs is 2. The summed E-state index contributed by atoms with van der Waals surface area (Å²) in [6, 6.07) is 3.99. The maximum atomic E-state index is 14.3. The van der Waals surface area contributed by atoms with Crippen molar-refractivity contribution in [2.75, 3.05) is 50.0 Å². The summed E-state index contributed by atoms with van der Waals surface area (Å²) in [5.41, 5.74) is 6.50. The summed E-state index contributed by atoms with van der Waals surface area (Å²) in [5, 5.41) is 4.67. The van der Waals surface area contributed by atoms with E-state index in [2.05, 4.69) is 29.8 Å². The van der Waals surface area contributed by atoms with Gasteiger partial charge in [-0.2, -0.15) is 4.98 Å². The highest BCUT2D eigenvalue weighted by Gasteiger charge is 2.55. The Labute approximate surface area is 230 Å². The van der Waals surface area contributed by atoms with E-state index in [0.29, 0.717) is 31.6 Å². The first-order valence-corrected chi connectivity index (χ1v) is 14.6. The van der Waals surface area contributed by atoms with Crippen LogP contribution in [-0.2, 0) is 14.8 Å². The van der Waals surface area contributed by atoms with Gasteiger partial charge in [0, 0.05) is 66.7 Å². The number of rotatable bonds is 9. The van der Waals surface area contributed by atoms with Gasteiger partial charge in [-0.3, -0.25) is 4.79 Å². The number of amides is 1. The fraction of sp³-hybridized carbons (Fsp3) is 0.542. The third kappa shape index (κ3) is 5.69. The van der Waals surface area contributed by atoms with Crippen molar-refractivity contribution in [3.05, 3.63) is 40.4 Å². The molecule has 210 valence electrons. The number of hydrogen-bond donors (Lipinski definition) is 4. The smallest absolute Gasteiger partial charge is 0.256 e. The van der Waals surface area contributed by atoms with Crippen LogP contribution in [0.25, 0.3) is 0 Å². The van der Waals surface area contributed by atoms with Crippen LogP contribution in [0.2, 0.25) is 5.28 Å². The van der Waals surface area contributed by atoms with Crippen LogP contribution in [0, 0.1) is 34.4 Å². The average Bonchev–Trinajstić information content (AvgIpc) is 3.48. The van der Waals surface area contributed by atoms with E-state index in [1.807, 2.05) is 12.2 Å². The molecule has 39 heavy (non-hydrogen) atoms. The Morgan fingerprint density at radius 1 is 1.23 bits per heavy atom. The van der Waals surface area contributed by atoms with Crippen LogP contribution in [0.3, 0.4) is 0 Å². The summed E-state index contributed by atoms with van der Waals surface area (Å²) >= 11 is 5.83. The number of piperazine rings is 1. The minimum absolute atomic E-state index is 0.0113. The first-order chi connectivity index (χ1) is 18.6. The summed E-state index contributed by atoms with van der Waals surface area (Å²) in [6.07, 6.45) is 2.18. The summed E-state index contributed by atoms with van der Waals surface area (Å²) in [6.45, 7) is 3.19. The number of nitrogens with one attached hydrogen (secondary N) is 3. The molecule has 3 fully saturated rings. The zero-order chi connectivity index (χ0) is 27.9. The van der Waals surface area contributed by atoms with Crippen LogP contribution in [0.1, 0.15) is 12.8 Å². The molecule has 0 unspecified atom stereocenters. The average molecular weight is 582 g/mol. The molecule has 5 atom stereocenters. The van der Waals surface area contributed by atoms with Gasteiger partial charge < -0.3 is 20.9 Å². The predicted molar refractivity (Wildman–Crippen MR) is 142 cm³/mol. The minimum atomic E-state index is -3.96. The number of aromatic nitrogens is 2. The Bertz CT molecular complexity index is 1370. The van der Waals surface area contributed by atoms with Gasteiger partial charge in [-0.15, -0.1) is 0 Å². The number of nitroso groups, excluding NO2 is 1. The monoisotopic (exact) mass is 581 g/mol. The molecule has 12 nitrogen and oxygen atoms in total. The predicted octanol–water partition coefficient (Wildman–Crippen LogP) is 0.0159. The third-order valence-electron chi connectivity index (χ3n) is 8.21. The van der Waals surface area contributed by atoms with Crippen LogP contribution < -0.4 is 25.8 Å². The number of carbonyl (C=O) groups excluding carboxylic acids is 1. The number of likely N-dealkylation sites (N-methyl/N-ethyl adjacent to an activating group) is 1. The maximum Gasteiger partial charge on any atom is 0.256 e. The van der Waals surface area contributed by atoms with Crippen LogP contribution in [0.4, 0.5) is 21.6 Å². The van der Waals surface area contributed by atoms with Gasteiger partial charge in [0.15, 0.2) is 11.6 Å². The molecule has 5 rings (SSSR count). The van der Waals surface area contributed by atoms with E-state index < -0.39 is 33.7 Å². The lowest BCUT2D eigenvalue weighted by atomic mass is 9.78. The quantitative estimate of drug-likeness (QED) is 0.299. The fourth-order valence-corrected chi connectivity index (χ4v) is 7.58. The van der Waals surface area contributed by atoms with Crippen molar-refractivity contribution in [3.63, 3.8) is 0 Å². The van der Waals surface area contributed by atoms with E-state index in [0.717, 1.165) is 19.3 Å². The molecule has 2 aliphatic carbocycles. The third-order valence-corrected chi connectivity index (χ3v) is 9.80. The van der Waals surface area contributed by atoms with Crippen LogP contribution in [0.5, 0.6) is 0 Å². The molecular formula is C24H31ClFN8O4S+. The van der Waals surface area contributed by atoms with Gasteiger partial charge in [-0.1, -0.05) is 0 Å². The van der Waals surface area contributed by atoms with Crippen molar-refractivity contribution in [2.24, 2.45) is 29.4 Å². The van der Waals surface area contributed by atoms with E-state index in [9.17, 15) is 22.5 Å². The lowest BCUT2D eigenvalue weighted by molar-refractivity contribution is -0.379. The molecule has 1 aromatic carbocycles. The fourth-order valence-electron chi connectivity index (χ4n) is 6.28. The van der Waals surface area contributed by atoms with Gasteiger partial charge in [-0.25, -0.2) is 22.5 Å². The molecule has 3 aliphatic rings. The molecule has 2 aromatic rings. The second-order valence-corrected chi connectivity index (χ2v) is 12.7. The summed E-state index contributed by atoms with van der Waals surface area (Å²) in [5.74, 6) is -2.26. The summed E-state index contributed by atoms with van der Waals surface area (Å²) in [7, 11) is -1.94. The molecule has 1 saturated heterocycles. The van der Waals surface area contributed by atoms with E-state index >= 15 is 0 Å². The highest BCUT2D eigenvalue weighted by atomic mass is 35.5. The number of carbonyl (C=O) groups is 1. The molecule has 15 heteroatoms. The lowest BCUT2D eigenvalue weighted by Gasteiger charge is -2.35. The molecule has 5 N–H and O–H groups in total. The number of nitrogens with two attached hydrogens (primary N) is 1. The molecule has 0 radical (unpaired) electrons. The zero-order valence-electron chi connectivity index (χ0n) is 21.3. The molecular weight excluding hydrogens is 551 g/mol. The number of anilines is 2. The molecule has 2 heterocycles. The molecule has 1 aliphatic heterocycles. The maximum absolute atomic E-state index is 14.3. The van der Waals surface area contributed by atoms with E-state index in [4.69, 9.17) is 17.3 Å². The van der Waals surface area contributed by atoms with Gasteiger partial charge in [0.25, 0.3) is 5.69 Å². The summed E-state index contributed by atoms with van der Waals surface area (Å²) in [4.78, 5) is 35.5. The number of nitrogens with zero attached hydrogens (tertiary/aromatic N) is 4. The molecule has 0 spiro atoms. The Balaban J connectivity index is 1.32. The van der Waals surface area contributed by atoms with Crippen molar-refractivity contribution in [2.45, 2.75) is 23.8 Å². The Morgan fingerprint density at radius 3 is 2.67 bits per heavy atom. The van der Waals surface area contributed by atoms with Crippen molar-refractivity contribution in [1.82, 2.24) is 19.6 Å². The van der Waals surface area contributed by atoms with E-state index in [1.165, 1.54) is 6.07 Å². The Hall–Kier alpha value is -2.94. The number of halogens is 2. The molecule has 2 bridgehead atoms. The largest absolute Gasteiger partial charge is 0.369 e. The SMILES string of the molecule is CN1CCN(c2cc([NH+]=O)cc(S(=O)(=O)NC[C@@H]3C[C@@H]4C[C@H]3[C@@H](Nc3nc(Cl)ncc3F)[C@H]4C(N)=O)c2)CC1. The second-order valence-electron chi connectivity index (χ2n) is 10.5. The van der Waals surface area contributed by atoms with Crippen LogP contribution >= 0.6 is 11.6 Å². The van der Waals surface area contributed by atoms with Crippen LogP contribution in [-0.4, -0.2) is 75.0 Å². The number of primary amides is 1. The van der Waals surface area contributed by atoms with Gasteiger partial charge >= 0.3 is 0 Å². The van der Waals surface area contributed by atoms with Gasteiger partial charge in [-0.05, 0) is 55.3 Å². The highest BCUT2D eigenvalue weighted by molar-refractivity contribution is 7.89. The minimum Gasteiger partial charge on any atom is -0.369 e. The summed E-state index contributed by atoms with van der Waals surface area (Å²) < 4.78 is 43.7.